The molecule has 0 aliphatic carbocycles. The van der Waals surface area contributed by atoms with Crippen LogP contribution in [0.2, 0.25) is 0 Å². The number of oxime groups is 1. The number of likely N-dealkylation sites (tertiary alicyclic amines) is 1. The van der Waals surface area contributed by atoms with Crippen LogP contribution < -0.4 is 10.1 Å². The number of aliphatic carboxylic acids is 2. The van der Waals surface area contributed by atoms with Crippen LogP contribution in [0.1, 0.15) is 30.5 Å². The lowest BCUT2D eigenvalue weighted by molar-refractivity contribution is -0.160. The summed E-state index contributed by atoms with van der Waals surface area (Å²) in [6, 6.07) is 9.07. The van der Waals surface area contributed by atoms with Crippen molar-refractivity contribution in [2.45, 2.75) is 25.4 Å². The average molecular weight is 499 g/mol. The van der Waals surface area contributed by atoms with Gasteiger partial charge in [-0.05, 0) is 48.4 Å². The van der Waals surface area contributed by atoms with E-state index in [0.29, 0.717) is 12.2 Å². The van der Waals surface area contributed by atoms with Crippen LogP contribution in [0.15, 0.2) is 53.7 Å². The number of carboxylic acid groups (broad SMARTS) is 2. The number of hydrogen-bond acceptors (Lipinski definition) is 8. The number of phenolic OH excluding ortho intramolecular Hbond substituents is 1. The Bertz CT molecular complexity index is 1160. The smallest absolute Gasteiger partial charge is 0.331 e. The number of carbonyl (C=O) groups is 4. The summed E-state index contributed by atoms with van der Waals surface area (Å²) >= 11 is 0. The molecule has 0 saturated carbocycles. The first kappa shape index (κ1) is 26.0. The van der Waals surface area contributed by atoms with Gasteiger partial charge >= 0.3 is 11.9 Å². The minimum absolute atomic E-state index is 0.0498. The lowest BCUT2D eigenvalue weighted by Crippen LogP contribution is -2.66. The fraction of sp³-hybridized carbons (Fsp3) is 0.292. The van der Waals surface area contributed by atoms with Gasteiger partial charge in [0.1, 0.15) is 17.5 Å². The molecule has 2 aromatic carbocycles. The number of phenols is 1. The van der Waals surface area contributed by atoms with Crippen molar-refractivity contribution >= 4 is 29.5 Å². The lowest BCUT2D eigenvalue weighted by atomic mass is 9.97. The van der Waals surface area contributed by atoms with Gasteiger partial charge in [0, 0.05) is 5.56 Å². The molecule has 2 amide bonds. The highest BCUT2D eigenvalue weighted by Gasteiger charge is 2.45. The number of aromatic hydroxyl groups is 1. The van der Waals surface area contributed by atoms with Crippen molar-refractivity contribution in [3.63, 3.8) is 0 Å². The van der Waals surface area contributed by atoms with Crippen molar-refractivity contribution in [3.05, 3.63) is 59.7 Å². The lowest BCUT2D eigenvalue weighted by Gasteiger charge is -2.42. The quantitative estimate of drug-likeness (QED) is 0.131. The summed E-state index contributed by atoms with van der Waals surface area (Å²) in [6.45, 7) is 1.66. The summed E-state index contributed by atoms with van der Waals surface area (Å²) in [6.07, 6.45) is 0.310. The summed E-state index contributed by atoms with van der Waals surface area (Å²) < 4.78 is 5.48. The maximum absolute atomic E-state index is 12.6. The van der Waals surface area contributed by atoms with Crippen molar-refractivity contribution in [2.24, 2.45) is 11.1 Å². The molecular weight excluding hydrogens is 474 g/mol. The fourth-order valence-electron chi connectivity index (χ4n) is 3.55. The monoisotopic (exact) mass is 499 g/mol. The third-order valence-corrected chi connectivity index (χ3v) is 5.70. The van der Waals surface area contributed by atoms with Crippen LogP contribution in [-0.4, -0.2) is 74.1 Å². The Hall–Kier alpha value is -4.61. The van der Waals surface area contributed by atoms with Crippen LogP contribution in [0.5, 0.6) is 11.5 Å². The zero-order valence-corrected chi connectivity index (χ0v) is 19.2. The summed E-state index contributed by atoms with van der Waals surface area (Å²) in [7, 11) is 0. The highest BCUT2D eigenvalue weighted by Crippen LogP contribution is 2.28. The number of rotatable bonds is 11. The SMILES string of the molecule is C[C@H](CCOc1ccc(/C(=N\O)C(=O)N[C@H]2CN([C@@H](C(=O)O)c3ccc(O)cc3)C2=O)cc1)C(=O)O. The Morgan fingerprint density at radius 2 is 1.72 bits per heavy atom. The van der Waals surface area contributed by atoms with Gasteiger partial charge in [0.05, 0.1) is 19.1 Å². The third kappa shape index (κ3) is 5.90. The summed E-state index contributed by atoms with van der Waals surface area (Å²) in [5, 5.41) is 42.7. The summed E-state index contributed by atoms with van der Waals surface area (Å²) in [5.74, 6) is -3.83. The molecule has 2 aromatic rings. The Labute approximate surface area is 205 Å². The van der Waals surface area contributed by atoms with Crippen LogP contribution in [0, 0.1) is 5.92 Å². The van der Waals surface area contributed by atoms with Crippen molar-refractivity contribution < 1.29 is 44.4 Å². The Balaban J connectivity index is 1.59. The first-order chi connectivity index (χ1) is 17.1. The number of hydrogen-bond donors (Lipinski definition) is 5. The molecule has 190 valence electrons. The zero-order valence-electron chi connectivity index (χ0n) is 19.2. The molecule has 5 N–H and O–H groups in total. The molecule has 0 spiro atoms. The second kappa shape index (κ2) is 11.2. The minimum Gasteiger partial charge on any atom is -0.508 e. The molecule has 0 bridgehead atoms. The van der Waals surface area contributed by atoms with Crippen LogP contribution in [0.25, 0.3) is 0 Å². The highest BCUT2D eigenvalue weighted by molar-refractivity contribution is 6.45. The van der Waals surface area contributed by atoms with Gasteiger partial charge in [0.2, 0.25) is 5.91 Å². The van der Waals surface area contributed by atoms with Crippen LogP contribution in [0.3, 0.4) is 0 Å². The Morgan fingerprint density at radius 1 is 1.08 bits per heavy atom. The average Bonchev–Trinajstić information content (AvgIpc) is 2.85. The van der Waals surface area contributed by atoms with Crippen LogP contribution >= 0.6 is 0 Å². The highest BCUT2D eigenvalue weighted by atomic mass is 16.5. The van der Waals surface area contributed by atoms with Gasteiger partial charge in [0.25, 0.3) is 5.91 Å². The first-order valence-corrected chi connectivity index (χ1v) is 10.9. The molecule has 12 nitrogen and oxygen atoms in total. The number of benzene rings is 2. The number of carbonyl (C=O) groups excluding carboxylic acids is 2. The van der Waals surface area contributed by atoms with E-state index >= 15 is 0 Å². The van der Waals surface area contributed by atoms with Crippen molar-refractivity contribution in [2.75, 3.05) is 13.2 Å². The number of nitrogens with one attached hydrogen (secondary N) is 1. The molecule has 1 saturated heterocycles. The molecule has 12 heteroatoms. The van der Waals surface area contributed by atoms with E-state index in [1.165, 1.54) is 48.5 Å². The zero-order chi connectivity index (χ0) is 26.4. The maximum atomic E-state index is 12.6. The normalized spacial score (nSPS) is 17.0. The minimum atomic E-state index is -1.29. The van der Waals surface area contributed by atoms with Gasteiger partial charge in [-0.1, -0.05) is 24.2 Å². The largest absolute Gasteiger partial charge is 0.508 e. The predicted molar refractivity (Wildman–Crippen MR) is 124 cm³/mol. The topological polar surface area (TPSA) is 186 Å². The van der Waals surface area contributed by atoms with E-state index in [1.54, 1.807) is 6.92 Å². The Morgan fingerprint density at radius 3 is 2.25 bits per heavy atom. The van der Waals surface area contributed by atoms with E-state index in [-0.39, 0.29) is 35.7 Å². The molecule has 0 aromatic heterocycles. The second-order valence-corrected chi connectivity index (χ2v) is 8.20. The van der Waals surface area contributed by atoms with E-state index in [2.05, 4.69) is 10.5 Å². The molecular formula is C24H25N3O9. The maximum Gasteiger partial charge on any atom is 0.331 e. The number of ether oxygens (including phenoxy) is 1. The van der Waals surface area contributed by atoms with Crippen molar-refractivity contribution in [3.8, 4) is 11.5 Å². The second-order valence-electron chi connectivity index (χ2n) is 8.20. The van der Waals surface area contributed by atoms with Crippen LogP contribution in [-0.2, 0) is 19.2 Å². The molecule has 0 unspecified atom stereocenters. The number of amides is 2. The van der Waals surface area contributed by atoms with Gasteiger partial charge in [-0.15, -0.1) is 0 Å². The van der Waals surface area contributed by atoms with Gasteiger partial charge in [-0.3, -0.25) is 14.4 Å². The van der Waals surface area contributed by atoms with Gasteiger partial charge in [0.15, 0.2) is 11.8 Å². The molecule has 3 rings (SSSR count). The molecule has 1 aliphatic rings. The van der Waals surface area contributed by atoms with Gasteiger partial charge in [-0.25, -0.2) is 4.79 Å². The first-order valence-electron chi connectivity index (χ1n) is 10.9. The molecule has 36 heavy (non-hydrogen) atoms. The van der Waals surface area contributed by atoms with E-state index in [4.69, 9.17) is 9.84 Å². The molecule has 1 aliphatic heterocycles. The summed E-state index contributed by atoms with van der Waals surface area (Å²) in [5.41, 5.74) is 0.161. The number of carboxylic acids is 2. The van der Waals surface area contributed by atoms with E-state index in [9.17, 15) is 34.6 Å². The van der Waals surface area contributed by atoms with E-state index in [0.717, 1.165) is 4.90 Å². The fourth-order valence-corrected chi connectivity index (χ4v) is 3.55. The number of nitrogens with zero attached hydrogens (tertiary/aromatic N) is 2. The Kier molecular flexibility index (Phi) is 8.10. The molecule has 1 heterocycles. The van der Waals surface area contributed by atoms with Gasteiger partial charge < -0.3 is 35.5 Å². The van der Waals surface area contributed by atoms with Crippen LogP contribution in [0.4, 0.5) is 0 Å². The number of β-lactam (4-membered cyclic amide) rings is 1. The van der Waals surface area contributed by atoms with Crippen molar-refractivity contribution in [1.82, 2.24) is 10.2 Å². The molecule has 1 fully saturated rings. The van der Waals surface area contributed by atoms with E-state index < -0.39 is 41.8 Å². The molecule has 0 radical (unpaired) electrons. The summed E-state index contributed by atoms with van der Waals surface area (Å²) in [4.78, 5) is 48.9. The van der Waals surface area contributed by atoms with E-state index in [1.807, 2.05) is 0 Å². The standard InChI is InChI=1S/C24H25N3O9/c1-13(23(31)32)10-11-36-17-8-4-14(5-9-17)19(26-35)21(29)25-18-12-27(22(18)30)20(24(33)34)15-2-6-16(28)7-3-15/h2-9,13,18,20,28,35H,10-12H2,1H3,(H,25,29)(H,31,32)(H,33,34)/b26-19+/t13-,18+,20-/m1/s1. The van der Waals surface area contributed by atoms with Gasteiger partial charge in [-0.2, -0.15) is 0 Å². The molecule has 3 atom stereocenters. The third-order valence-electron chi connectivity index (χ3n) is 5.70. The predicted octanol–water partition coefficient (Wildman–Crippen LogP) is 1.21. The van der Waals surface area contributed by atoms with Crippen molar-refractivity contribution in [1.29, 1.82) is 0 Å².